The summed E-state index contributed by atoms with van der Waals surface area (Å²) in [6.07, 6.45) is -7.54. The second-order valence-corrected chi connectivity index (χ2v) is 11.2. The number of aliphatic hydroxyl groups excluding tert-OH is 2. The average molecular weight is 585 g/mol. The summed E-state index contributed by atoms with van der Waals surface area (Å²) >= 11 is 0. The fourth-order valence-corrected chi connectivity index (χ4v) is 4.54. The van der Waals surface area contributed by atoms with E-state index in [1.54, 1.807) is 17.0 Å². The summed E-state index contributed by atoms with van der Waals surface area (Å²) in [6.45, 7) is 6.40. The van der Waals surface area contributed by atoms with E-state index in [9.17, 15) is 28.2 Å². The molecule has 1 amide bonds. The number of hydrogen-bond donors (Lipinski definition) is 2. The molecule has 0 radical (unpaired) electrons. The van der Waals surface area contributed by atoms with Crippen LogP contribution in [0.3, 0.4) is 0 Å². The maximum absolute atomic E-state index is 12.9. The van der Waals surface area contributed by atoms with Crippen LogP contribution in [0.1, 0.15) is 45.0 Å². The molecule has 0 spiro atoms. The Morgan fingerprint density at radius 2 is 1.78 bits per heavy atom. The van der Waals surface area contributed by atoms with Crippen LogP contribution in [0.25, 0.3) is 0 Å². The highest BCUT2D eigenvalue weighted by molar-refractivity contribution is 5.68. The normalized spacial score (nSPS) is 24.1. The predicted octanol–water partition coefficient (Wildman–Crippen LogP) is 3.03. The van der Waals surface area contributed by atoms with E-state index >= 15 is 0 Å². The Hall–Kier alpha value is -3.23. The first-order valence-electron chi connectivity index (χ1n) is 13.4. The second-order valence-electron chi connectivity index (χ2n) is 11.2. The van der Waals surface area contributed by atoms with Crippen molar-refractivity contribution in [2.24, 2.45) is 5.92 Å². The molecule has 2 aliphatic rings. The number of piperidine rings is 1. The van der Waals surface area contributed by atoms with Crippen LogP contribution < -0.4 is 9.47 Å². The minimum atomic E-state index is -4.65. The van der Waals surface area contributed by atoms with Crippen molar-refractivity contribution in [3.8, 4) is 11.8 Å². The van der Waals surface area contributed by atoms with Gasteiger partial charge in [-0.15, -0.1) is 5.10 Å². The maximum Gasteiger partial charge on any atom is 0.433 e. The lowest BCUT2D eigenvalue weighted by Crippen LogP contribution is -2.56. The fourth-order valence-electron chi connectivity index (χ4n) is 4.54. The molecule has 0 aromatic carbocycles. The van der Waals surface area contributed by atoms with E-state index in [0.29, 0.717) is 25.4 Å². The third kappa shape index (κ3) is 8.63. The highest BCUT2D eigenvalue weighted by atomic mass is 19.4. The van der Waals surface area contributed by atoms with E-state index in [1.807, 2.05) is 20.8 Å². The summed E-state index contributed by atoms with van der Waals surface area (Å²) in [5.74, 6) is 0.201. The first-order chi connectivity index (χ1) is 19.3. The van der Waals surface area contributed by atoms with Crippen LogP contribution in [-0.2, 0) is 22.1 Å². The lowest BCUT2D eigenvalue weighted by atomic mass is 9.92. The van der Waals surface area contributed by atoms with Gasteiger partial charge in [0.15, 0.2) is 6.10 Å². The number of carbonyl (C=O) groups excluding carboxylic acids is 1. The molecule has 2 aliphatic heterocycles. The zero-order valence-electron chi connectivity index (χ0n) is 23.1. The third-order valence-electron chi connectivity index (χ3n) is 6.73. The number of likely N-dealkylation sites (tertiary alicyclic amines) is 1. The molecular weight excluding hydrogens is 549 g/mol. The van der Waals surface area contributed by atoms with Crippen LogP contribution in [-0.4, -0.2) is 92.7 Å². The molecule has 226 valence electrons. The number of amides is 1. The van der Waals surface area contributed by atoms with Crippen LogP contribution in [0.15, 0.2) is 30.3 Å². The molecule has 4 rings (SSSR count). The van der Waals surface area contributed by atoms with Crippen LogP contribution in [0.4, 0.5) is 18.0 Å². The molecule has 2 aromatic heterocycles. The number of nitrogens with zero attached hydrogens (tertiary/aromatic N) is 4. The Bertz CT molecular complexity index is 1150. The largest absolute Gasteiger partial charge is 0.474 e. The molecule has 2 aromatic rings. The first kappa shape index (κ1) is 30.7. The summed E-state index contributed by atoms with van der Waals surface area (Å²) in [5.41, 5.74) is -0.886. The lowest BCUT2D eigenvalue weighted by molar-refractivity contribution is -0.187. The number of aliphatic hydroxyl groups is 2. The van der Waals surface area contributed by atoms with Crippen molar-refractivity contribution >= 4 is 6.09 Å². The van der Waals surface area contributed by atoms with Gasteiger partial charge < -0.3 is 34.1 Å². The molecule has 0 unspecified atom stereocenters. The summed E-state index contributed by atoms with van der Waals surface area (Å²) in [4.78, 5) is 17.4. The van der Waals surface area contributed by atoms with Gasteiger partial charge in [-0.3, -0.25) is 0 Å². The minimum absolute atomic E-state index is 0.149. The molecule has 41 heavy (non-hydrogen) atoms. The molecule has 14 heteroatoms. The highest BCUT2D eigenvalue weighted by Gasteiger charge is 2.41. The second kappa shape index (κ2) is 12.7. The molecule has 2 saturated heterocycles. The molecule has 4 heterocycles. The van der Waals surface area contributed by atoms with Gasteiger partial charge in [0.1, 0.15) is 36.2 Å². The summed E-state index contributed by atoms with van der Waals surface area (Å²) < 4.78 is 60.6. The number of aromatic nitrogens is 3. The van der Waals surface area contributed by atoms with E-state index in [2.05, 4.69) is 15.2 Å². The summed E-state index contributed by atoms with van der Waals surface area (Å²) in [6, 6.07) is 6.60. The maximum atomic E-state index is 12.9. The van der Waals surface area contributed by atoms with Gasteiger partial charge in [-0.1, -0.05) is 6.07 Å². The Labute approximate surface area is 235 Å². The van der Waals surface area contributed by atoms with Crippen molar-refractivity contribution in [2.75, 3.05) is 26.3 Å². The van der Waals surface area contributed by atoms with Crippen LogP contribution in [0, 0.1) is 5.92 Å². The number of rotatable bonds is 7. The summed E-state index contributed by atoms with van der Waals surface area (Å²) in [5, 5.41) is 29.2. The van der Waals surface area contributed by atoms with E-state index in [-0.39, 0.29) is 31.1 Å². The molecule has 0 saturated carbocycles. The van der Waals surface area contributed by atoms with Crippen molar-refractivity contribution in [3.05, 3.63) is 41.7 Å². The number of alkyl halides is 3. The van der Waals surface area contributed by atoms with Crippen molar-refractivity contribution in [3.63, 3.8) is 0 Å². The Morgan fingerprint density at radius 1 is 1.05 bits per heavy atom. The number of pyridine rings is 1. The fraction of sp³-hybridized carbons (Fsp3) is 0.630. The van der Waals surface area contributed by atoms with E-state index in [0.717, 1.165) is 30.7 Å². The van der Waals surface area contributed by atoms with Crippen LogP contribution in [0.5, 0.6) is 11.8 Å². The van der Waals surface area contributed by atoms with E-state index < -0.39 is 41.9 Å². The van der Waals surface area contributed by atoms with Gasteiger partial charge >= 0.3 is 12.3 Å². The minimum Gasteiger partial charge on any atom is -0.474 e. The van der Waals surface area contributed by atoms with Crippen molar-refractivity contribution in [1.29, 1.82) is 0 Å². The molecule has 4 atom stereocenters. The van der Waals surface area contributed by atoms with Gasteiger partial charge in [-0.25, -0.2) is 9.78 Å². The Morgan fingerprint density at radius 3 is 2.41 bits per heavy atom. The van der Waals surface area contributed by atoms with E-state index in [4.69, 9.17) is 18.9 Å². The zero-order chi connectivity index (χ0) is 29.8. The summed E-state index contributed by atoms with van der Waals surface area (Å²) in [7, 11) is 0. The smallest absolute Gasteiger partial charge is 0.433 e. The van der Waals surface area contributed by atoms with Crippen molar-refractivity contribution < 1.29 is 47.1 Å². The highest BCUT2D eigenvalue weighted by Crippen LogP contribution is 2.29. The van der Waals surface area contributed by atoms with Crippen molar-refractivity contribution in [1.82, 2.24) is 20.1 Å². The average Bonchev–Trinajstić information content (AvgIpc) is 2.91. The van der Waals surface area contributed by atoms with Crippen molar-refractivity contribution in [2.45, 2.75) is 76.2 Å². The molecule has 2 N–H and O–H groups in total. The number of hydrogen-bond acceptors (Lipinski definition) is 10. The third-order valence-corrected chi connectivity index (χ3v) is 6.73. The quantitative estimate of drug-likeness (QED) is 0.500. The molecule has 0 aliphatic carbocycles. The van der Waals surface area contributed by atoms with Crippen LogP contribution in [0.2, 0.25) is 0 Å². The van der Waals surface area contributed by atoms with Crippen LogP contribution >= 0.6 is 0 Å². The zero-order valence-corrected chi connectivity index (χ0v) is 23.1. The molecular formula is C27H35F3N4O7. The molecule has 11 nitrogen and oxygen atoms in total. The number of halogens is 3. The first-order valence-corrected chi connectivity index (χ1v) is 13.4. The molecule has 0 bridgehead atoms. The van der Waals surface area contributed by atoms with E-state index in [1.165, 1.54) is 6.07 Å². The topological polar surface area (TPSA) is 136 Å². The van der Waals surface area contributed by atoms with Gasteiger partial charge in [0.05, 0.1) is 12.3 Å². The Balaban J connectivity index is 1.21. The Kier molecular flexibility index (Phi) is 9.55. The van der Waals surface area contributed by atoms with Gasteiger partial charge in [0.2, 0.25) is 11.8 Å². The monoisotopic (exact) mass is 584 g/mol. The SMILES string of the molecule is CC(C)(C)OC(=O)N1CCC(Cc2ccc(OC[C@H]3OC[C@H](Oc4cccc(C(F)(F)F)n4)[C@@H](O)[C@H]3O)nn2)CC1. The number of carbonyl (C=O) groups is 1. The number of ether oxygens (including phenoxy) is 4. The molecule has 2 fully saturated rings. The standard InChI is InChI=1S/C27H35F3N4O7/c1-26(2,3)41-25(37)34-11-9-16(10-12-34)13-17-7-8-22(33-32-17)39-14-18-23(35)24(36)19(15-38-18)40-21-6-4-5-20(31-21)27(28,29)30/h4-8,16,18-19,23-24,35-36H,9-15H2,1-3H3/t18-,19+,23+,24-/m1/s1. The predicted molar refractivity (Wildman–Crippen MR) is 137 cm³/mol. The van der Waals surface area contributed by atoms with Gasteiger partial charge in [0, 0.05) is 25.2 Å². The van der Waals surface area contributed by atoms with Gasteiger partial charge in [-0.2, -0.15) is 18.3 Å². The lowest BCUT2D eigenvalue weighted by Gasteiger charge is -2.37. The van der Waals surface area contributed by atoms with Gasteiger partial charge in [-0.05, 0) is 58.1 Å². The van der Waals surface area contributed by atoms with Gasteiger partial charge in [0.25, 0.3) is 0 Å².